The van der Waals surface area contributed by atoms with Gasteiger partial charge in [-0.05, 0) is 31.2 Å². The molecule has 2 fully saturated rings. The predicted octanol–water partition coefficient (Wildman–Crippen LogP) is 2.57. The number of nitrogens with one attached hydrogen (secondary N) is 1. The number of nitriles is 1. The molecule has 144 valence electrons. The second-order valence-electron chi connectivity index (χ2n) is 7.87. The van der Waals surface area contributed by atoms with Crippen molar-refractivity contribution in [1.82, 2.24) is 29.2 Å². The first-order valence-electron chi connectivity index (χ1n) is 10.0. The highest BCUT2D eigenvalue weighted by molar-refractivity contribution is 5.81. The van der Waals surface area contributed by atoms with Crippen LogP contribution in [0.4, 0.5) is 0 Å². The lowest BCUT2D eigenvalue weighted by Gasteiger charge is -2.40. The van der Waals surface area contributed by atoms with E-state index in [2.05, 4.69) is 42.2 Å². The second-order valence-corrected chi connectivity index (χ2v) is 7.87. The number of hydrogen-bond acceptors (Lipinski definition) is 4. The van der Waals surface area contributed by atoms with Crippen LogP contribution in [0.15, 0.2) is 29.6 Å². The van der Waals surface area contributed by atoms with Crippen LogP contribution in [0, 0.1) is 17.4 Å². The molecule has 8 heteroatoms. The number of aliphatic imine (C=N–C) groups is 1. The second kappa shape index (κ2) is 6.82. The number of aromatic nitrogens is 4. The molecule has 0 radical (unpaired) electrons. The van der Waals surface area contributed by atoms with Crippen LogP contribution >= 0.6 is 0 Å². The van der Waals surface area contributed by atoms with Crippen LogP contribution in [0.5, 0.6) is 0 Å². The predicted molar refractivity (Wildman–Crippen MR) is 107 cm³/mol. The van der Waals surface area contributed by atoms with Crippen molar-refractivity contribution in [3.8, 4) is 6.19 Å². The van der Waals surface area contributed by atoms with Crippen molar-refractivity contribution in [3.63, 3.8) is 0 Å². The Morgan fingerprint density at radius 3 is 2.86 bits per heavy atom. The Labute approximate surface area is 163 Å². The van der Waals surface area contributed by atoms with Crippen LogP contribution in [0.3, 0.4) is 0 Å². The molecule has 0 bridgehead atoms. The molecule has 2 aliphatic rings. The molecular formula is C20H24N8. The number of hydrogen-bond donors (Lipinski definition) is 1. The molecule has 2 atom stereocenters. The van der Waals surface area contributed by atoms with E-state index in [9.17, 15) is 5.26 Å². The standard InChI is InChI=1S/C20H24N8/c1-14-5-9-27(20(25-13-21)26-7-2-3-8-26)12-16(14)19-24-11-15-10-23-18-17(28(15)19)4-6-22-18/h4,6,10-11,14,16,22H,2-3,5,7-9,12H2,1H3. The van der Waals surface area contributed by atoms with E-state index < -0.39 is 0 Å². The first-order chi connectivity index (χ1) is 13.8. The fourth-order valence-electron chi connectivity index (χ4n) is 4.65. The average Bonchev–Trinajstić information content (AvgIpc) is 3.45. The third kappa shape index (κ3) is 2.70. The van der Waals surface area contributed by atoms with E-state index in [0.717, 1.165) is 61.1 Å². The fourth-order valence-corrected chi connectivity index (χ4v) is 4.65. The third-order valence-corrected chi connectivity index (χ3v) is 6.20. The van der Waals surface area contributed by atoms with E-state index in [1.807, 2.05) is 24.8 Å². The minimum atomic E-state index is 0.267. The van der Waals surface area contributed by atoms with Gasteiger partial charge in [0.25, 0.3) is 0 Å². The molecule has 5 heterocycles. The first kappa shape index (κ1) is 17.0. The number of piperidine rings is 1. The average molecular weight is 376 g/mol. The molecule has 3 aromatic heterocycles. The van der Waals surface area contributed by atoms with Crippen molar-refractivity contribution in [1.29, 1.82) is 5.26 Å². The van der Waals surface area contributed by atoms with Crippen molar-refractivity contribution in [2.75, 3.05) is 26.2 Å². The largest absolute Gasteiger partial charge is 0.345 e. The van der Waals surface area contributed by atoms with Gasteiger partial charge in [0.2, 0.25) is 12.2 Å². The quantitative estimate of drug-likeness (QED) is 0.401. The van der Waals surface area contributed by atoms with Crippen LogP contribution in [-0.4, -0.2) is 61.3 Å². The van der Waals surface area contributed by atoms with Crippen molar-refractivity contribution in [2.24, 2.45) is 10.9 Å². The SMILES string of the molecule is CC1CCN(C(=NC#N)N2CCCC2)CC1c1ncc2cnc3[nH]ccc3n12. The molecule has 2 unspecified atom stereocenters. The van der Waals surface area contributed by atoms with E-state index in [1.165, 1.54) is 12.8 Å². The lowest BCUT2D eigenvalue weighted by Crippen LogP contribution is -2.49. The Kier molecular flexibility index (Phi) is 4.15. The zero-order valence-electron chi connectivity index (χ0n) is 16.0. The highest BCUT2D eigenvalue weighted by Gasteiger charge is 2.34. The lowest BCUT2D eigenvalue weighted by atomic mass is 9.86. The Balaban J connectivity index is 1.53. The van der Waals surface area contributed by atoms with Crippen molar-refractivity contribution in [3.05, 3.63) is 30.5 Å². The van der Waals surface area contributed by atoms with Gasteiger partial charge in [-0.1, -0.05) is 6.92 Å². The van der Waals surface area contributed by atoms with Crippen LogP contribution in [0.1, 0.15) is 37.9 Å². The van der Waals surface area contributed by atoms with Gasteiger partial charge in [-0.25, -0.2) is 9.97 Å². The van der Waals surface area contributed by atoms with E-state index in [1.54, 1.807) is 0 Å². The number of nitrogens with zero attached hydrogens (tertiary/aromatic N) is 7. The summed E-state index contributed by atoms with van der Waals surface area (Å²) in [4.78, 5) is 21.2. The van der Waals surface area contributed by atoms with Crippen LogP contribution in [-0.2, 0) is 0 Å². The Hall–Kier alpha value is -3.08. The summed E-state index contributed by atoms with van der Waals surface area (Å²) < 4.78 is 2.22. The van der Waals surface area contributed by atoms with Gasteiger partial charge in [-0.15, -0.1) is 4.99 Å². The van der Waals surface area contributed by atoms with Crippen LogP contribution < -0.4 is 0 Å². The molecule has 2 saturated heterocycles. The highest BCUT2D eigenvalue weighted by atomic mass is 15.4. The van der Waals surface area contributed by atoms with Gasteiger partial charge in [0.1, 0.15) is 5.82 Å². The molecular weight excluding hydrogens is 352 g/mol. The summed E-state index contributed by atoms with van der Waals surface area (Å²) >= 11 is 0. The van der Waals surface area contributed by atoms with Gasteiger partial charge in [0.05, 0.1) is 23.4 Å². The maximum absolute atomic E-state index is 9.25. The number of H-pyrrole nitrogens is 1. The topological polar surface area (TPSA) is 88.6 Å². The highest BCUT2D eigenvalue weighted by Crippen LogP contribution is 2.33. The van der Waals surface area contributed by atoms with E-state index >= 15 is 0 Å². The fraction of sp³-hybridized carbons (Fsp3) is 0.500. The summed E-state index contributed by atoms with van der Waals surface area (Å²) in [5.74, 6) is 2.68. The van der Waals surface area contributed by atoms with Crippen LogP contribution in [0.25, 0.3) is 16.7 Å². The molecule has 0 aromatic carbocycles. The Morgan fingerprint density at radius 1 is 1.21 bits per heavy atom. The summed E-state index contributed by atoms with van der Waals surface area (Å²) in [6.45, 7) is 6.03. The third-order valence-electron chi connectivity index (χ3n) is 6.20. The van der Waals surface area contributed by atoms with Crippen molar-refractivity contribution < 1.29 is 0 Å². The summed E-state index contributed by atoms with van der Waals surface area (Å²) in [5.41, 5.74) is 2.94. The maximum atomic E-state index is 9.25. The van der Waals surface area contributed by atoms with Gasteiger partial charge in [-0.3, -0.25) is 4.40 Å². The van der Waals surface area contributed by atoms with E-state index in [4.69, 9.17) is 4.98 Å². The van der Waals surface area contributed by atoms with Crippen molar-refractivity contribution >= 4 is 22.6 Å². The molecule has 8 nitrogen and oxygen atoms in total. The van der Waals surface area contributed by atoms with Gasteiger partial charge >= 0.3 is 0 Å². The zero-order chi connectivity index (χ0) is 19.1. The molecule has 0 spiro atoms. The minimum Gasteiger partial charge on any atom is -0.345 e. The summed E-state index contributed by atoms with van der Waals surface area (Å²) in [6.07, 6.45) is 11.1. The monoisotopic (exact) mass is 376 g/mol. The number of likely N-dealkylation sites (tertiary alicyclic amines) is 2. The normalized spacial score (nSPS) is 23.6. The summed E-state index contributed by atoms with van der Waals surface area (Å²) in [5, 5.41) is 9.25. The molecule has 3 aromatic rings. The molecule has 0 amide bonds. The van der Waals surface area contributed by atoms with Crippen LogP contribution in [0.2, 0.25) is 0 Å². The van der Waals surface area contributed by atoms with E-state index in [0.29, 0.717) is 5.92 Å². The molecule has 2 aliphatic heterocycles. The molecule has 28 heavy (non-hydrogen) atoms. The molecule has 0 aliphatic carbocycles. The Bertz CT molecular complexity index is 1060. The minimum absolute atomic E-state index is 0.267. The van der Waals surface area contributed by atoms with Gasteiger partial charge in [0, 0.05) is 38.3 Å². The smallest absolute Gasteiger partial charge is 0.212 e. The lowest BCUT2D eigenvalue weighted by molar-refractivity contribution is 0.216. The van der Waals surface area contributed by atoms with Gasteiger partial charge < -0.3 is 14.8 Å². The number of imidazole rings is 1. The molecule has 0 saturated carbocycles. The van der Waals surface area contributed by atoms with Crippen molar-refractivity contribution in [2.45, 2.75) is 32.1 Å². The molecule has 1 N–H and O–H groups in total. The number of fused-ring (bicyclic) bond motifs is 3. The van der Waals surface area contributed by atoms with Gasteiger partial charge in [0.15, 0.2) is 5.65 Å². The van der Waals surface area contributed by atoms with Gasteiger partial charge in [-0.2, -0.15) is 5.26 Å². The summed E-state index contributed by atoms with van der Waals surface area (Å²) in [6, 6.07) is 2.05. The first-order valence-corrected chi connectivity index (χ1v) is 10.0. The number of rotatable bonds is 1. The zero-order valence-corrected chi connectivity index (χ0v) is 16.0. The number of guanidine groups is 1. The Morgan fingerprint density at radius 2 is 2.04 bits per heavy atom. The maximum Gasteiger partial charge on any atom is 0.212 e. The number of aromatic amines is 1. The van der Waals surface area contributed by atoms with E-state index in [-0.39, 0.29) is 5.92 Å². The summed E-state index contributed by atoms with van der Waals surface area (Å²) in [7, 11) is 0. The molecule has 5 rings (SSSR count).